The van der Waals surface area contributed by atoms with Gasteiger partial charge in [0, 0.05) is 57.8 Å². The summed E-state index contributed by atoms with van der Waals surface area (Å²) in [6.07, 6.45) is 5.68. The van der Waals surface area contributed by atoms with Gasteiger partial charge >= 0.3 is 0 Å². The number of hydrogen-bond acceptors (Lipinski definition) is 4. The molecule has 1 saturated heterocycles. The van der Waals surface area contributed by atoms with E-state index in [1.54, 1.807) is 6.20 Å². The Labute approximate surface area is 173 Å². The minimum Gasteiger partial charge on any atom is -0.396 e. The molecule has 1 N–H and O–H groups in total. The molecule has 1 unspecified atom stereocenters. The Bertz CT molecular complexity index is 866. The molecule has 1 aliphatic heterocycles. The number of aliphatic hydroxyl groups is 1. The molecule has 0 aliphatic carbocycles. The Kier molecular flexibility index (Phi) is 6.72. The second-order valence-electron chi connectivity index (χ2n) is 7.79. The molecule has 5 nitrogen and oxygen atoms in total. The molecule has 0 radical (unpaired) electrons. The highest BCUT2D eigenvalue weighted by molar-refractivity contribution is 5.35. The van der Waals surface area contributed by atoms with Crippen molar-refractivity contribution in [1.29, 1.82) is 0 Å². The van der Waals surface area contributed by atoms with Gasteiger partial charge in [-0.15, -0.1) is 0 Å². The van der Waals surface area contributed by atoms with Gasteiger partial charge < -0.3 is 5.11 Å². The van der Waals surface area contributed by atoms with Crippen molar-refractivity contribution in [3.63, 3.8) is 0 Å². The zero-order valence-corrected chi connectivity index (χ0v) is 16.9. The molecule has 3 aromatic rings. The van der Waals surface area contributed by atoms with Gasteiger partial charge in [0.15, 0.2) is 0 Å². The first-order valence-corrected chi connectivity index (χ1v) is 10.5. The van der Waals surface area contributed by atoms with Crippen molar-refractivity contribution in [1.82, 2.24) is 19.6 Å². The molecule has 1 aliphatic rings. The first-order chi connectivity index (χ1) is 14.3. The van der Waals surface area contributed by atoms with Crippen LogP contribution in [0.15, 0.2) is 73.1 Å². The van der Waals surface area contributed by atoms with Crippen LogP contribution in [-0.4, -0.2) is 63.5 Å². The van der Waals surface area contributed by atoms with Crippen LogP contribution >= 0.6 is 0 Å². The van der Waals surface area contributed by atoms with Crippen molar-refractivity contribution in [3.05, 3.63) is 84.2 Å². The van der Waals surface area contributed by atoms with Crippen LogP contribution < -0.4 is 0 Å². The van der Waals surface area contributed by atoms with E-state index in [0.717, 1.165) is 51.3 Å². The average molecular weight is 391 g/mol. The molecule has 4 rings (SSSR count). The van der Waals surface area contributed by atoms with E-state index in [1.165, 1.54) is 11.1 Å². The highest BCUT2D eigenvalue weighted by Crippen LogP contribution is 2.18. The molecule has 5 heteroatoms. The molecule has 1 aromatic heterocycles. The van der Waals surface area contributed by atoms with E-state index in [4.69, 9.17) is 0 Å². The number of aromatic nitrogens is 2. The molecule has 29 heavy (non-hydrogen) atoms. The van der Waals surface area contributed by atoms with Gasteiger partial charge in [0.25, 0.3) is 0 Å². The molecule has 152 valence electrons. The minimum atomic E-state index is 0.245. The molecular formula is C24H30N4O. The summed E-state index contributed by atoms with van der Waals surface area (Å²) in [7, 11) is 0. The molecule has 0 amide bonds. The fraction of sp³-hybridized carbons (Fsp3) is 0.375. The van der Waals surface area contributed by atoms with Gasteiger partial charge in [-0.1, -0.05) is 42.5 Å². The van der Waals surface area contributed by atoms with Crippen molar-refractivity contribution in [2.24, 2.45) is 0 Å². The Balaban J connectivity index is 1.36. The van der Waals surface area contributed by atoms with Crippen LogP contribution in [0.4, 0.5) is 0 Å². The van der Waals surface area contributed by atoms with E-state index in [9.17, 15) is 5.11 Å². The SMILES string of the molecule is OCCC1CN(Cc2cccc(-n3cccn3)c2)CCN1CCc1ccccc1. The monoisotopic (exact) mass is 390 g/mol. The van der Waals surface area contributed by atoms with Crippen molar-refractivity contribution in [2.45, 2.75) is 25.4 Å². The lowest BCUT2D eigenvalue weighted by Crippen LogP contribution is -2.53. The number of aliphatic hydroxyl groups excluding tert-OH is 1. The standard InChI is InChI=1S/C24H30N4O/c29-17-11-24-20-26(15-16-27(24)14-10-21-6-2-1-3-7-21)19-22-8-4-9-23(18-22)28-13-5-12-25-28/h1-9,12-13,18,24,29H,10-11,14-17,19-20H2. The largest absolute Gasteiger partial charge is 0.396 e. The van der Waals surface area contributed by atoms with Gasteiger partial charge in [-0.2, -0.15) is 5.10 Å². The summed E-state index contributed by atoms with van der Waals surface area (Å²) in [5, 5.41) is 13.9. The quantitative estimate of drug-likeness (QED) is 0.642. The van der Waals surface area contributed by atoms with Gasteiger partial charge in [-0.05, 0) is 42.2 Å². The summed E-state index contributed by atoms with van der Waals surface area (Å²) in [6, 6.07) is 21.6. The van der Waals surface area contributed by atoms with Crippen molar-refractivity contribution >= 4 is 0 Å². The van der Waals surface area contributed by atoms with Crippen LogP contribution in [0.1, 0.15) is 17.5 Å². The third-order valence-electron chi connectivity index (χ3n) is 5.77. The lowest BCUT2D eigenvalue weighted by Gasteiger charge is -2.41. The molecule has 1 fully saturated rings. The van der Waals surface area contributed by atoms with Gasteiger partial charge in [-0.25, -0.2) is 4.68 Å². The Morgan fingerprint density at radius 3 is 2.62 bits per heavy atom. The molecule has 2 heterocycles. The topological polar surface area (TPSA) is 44.5 Å². The summed E-state index contributed by atoms with van der Waals surface area (Å²) in [5.41, 5.74) is 3.78. The van der Waals surface area contributed by atoms with E-state index >= 15 is 0 Å². The Hall–Kier alpha value is -2.47. The van der Waals surface area contributed by atoms with Crippen LogP contribution in [0.25, 0.3) is 5.69 Å². The maximum atomic E-state index is 9.58. The summed E-state index contributed by atoms with van der Waals surface area (Å²) in [4.78, 5) is 5.07. The normalized spacial score (nSPS) is 18.2. The van der Waals surface area contributed by atoms with E-state index in [1.807, 2.05) is 16.9 Å². The first kappa shape index (κ1) is 19.8. The summed E-state index contributed by atoms with van der Waals surface area (Å²) in [6.45, 7) is 5.34. The molecule has 0 spiro atoms. The van der Waals surface area contributed by atoms with Gasteiger partial charge in [0.1, 0.15) is 0 Å². The van der Waals surface area contributed by atoms with Crippen LogP contribution in [0.3, 0.4) is 0 Å². The van der Waals surface area contributed by atoms with E-state index in [-0.39, 0.29) is 6.61 Å². The van der Waals surface area contributed by atoms with Gasteiger partial charge in [0.2, 0.25) is 0 Å². The lowest BCUT2D eigenvalue weighted by molar-refractivity contribution is 0.0562. The molecule has 1 atom stereocenters. The number of hydrogen-bond donors (Lipinski definition) is 1. The number of rotatable bonds is 8. The fourth-order valence-corrected chi connectivity index (χ4v) is 4.21. The van der Waals surface area contributed by atoms with Crippen molar-refractivity contribution in [3.8, 4) is 5.69 Å². The van der Waals surface area contributed by atoms with Crippen LogP contribution in [0, 0.1) is 0 Å². The highest BCUT2D eigenvalue weighted by Gasteiger charge is 2.26. The molecule has 0 bridgehead atoms. The Morgan fingerprint density at radius 1 is 0.966 bits per heavy atom. The second kappa shape index (κ2) is 9.83. The second-order valence-corrected chi connectivity index (χ2v) is 7.79. The highest BCUT2D eigenvalue weighted by atomic mass is 16.3. The van der Waals surface area contributed by atoms with Crippen LogP contribution in [-0.2, 0) is 13.0 Å². The summed E-state index contributed by atoms with van der Waals surface area (Å²) >= 11 is 0. The predicted molar refractivity (Wildman–Crippen MR) is 116 cm³/mol. The third kappa shape index (κ3) is 5.32. The van der Waals surface area contributed by atoms with E-state index in [2.05, 4.69) is 69.5 Å². The number of piperazine rings is 1. The molecule has 0 saturated carbocycles. The molecular weight excluding hydrogens is 360 g/mol. The first-order valence-electron chi connectivity index (χ1n) is 10.5. The van der Waals surface area contributed by atoms with Crippen molar-refractivity contribution < 1.29 is 5.11 Å². The van der Waals surface area contributed by atoms with E-state index in [0.29, 0.717) is 6.04 Å². The number of benzene rings is 2. The molecule has 2 aromatic carbocycles. The van der Waals surface area contributed by atoms with E-state index < -0.39 is 0 Å². The maximum Gasteiger partial charge on any atom is 0.0648 e. The zero-order valence-electron chi connectivity index (χ0n) is 16.9. The van der Waals surface area contributed by atoms with Gasteiger partial charge in [0.05, 0.1) is 5.69 Å². The summed E-state index contributed by atoms with van der Waals surface area (Å²) < 4.78 is 1.90. The average Bonchev–Trinajstić information content (AvgIpc) is 3.29. The van der Waals surface area contributed by atoms with Crippen molar-refractivity contribution in [2.75, 3.05) is 32.8 Å². The lowest BCUT2D eigenvalue weighted by atomic mass is 10.1. The van der Waals surface area contributed by atoms with Crippen LogP contribution in [0.5, 0.6) is 0 Å². The third-order valence-corrected chi connectivity index (χ3v) is 5.77. The predicted octanol–water partition coefficient (Wildman–Crippen LogP) is 2.98. The van der Waals surface area contributed by atoms with Gasteiger partial charge in [-0.3, -0.25) is 9.80 Å². The maximum absolute atomic E-state index is 9.58. The van der Waals surface area contributed by atoms with Crippen LogP contribution in [0.2, 0.25) is 0 Å². The zero-order chi connectivity index (χ0) is 19.9. The fourth-order valence-electron chi connectivity index (χ4n) is 4.21. The Morgan fingerprint density at radius 2 is 1.83 bits per heavy atom. The summed E-state index contributed by atoms with van der Waals surface area (Å²) in [5.74, 6) is 0. The smallest absolute Gasteiger partial charge is 0.0648 e. The number of nitrogens with zero attached hydrogens (tertiary/aromatic N) is 4. The minimum absolute atomic E-state index is 0.245.